The van der Waals surface area contributed by atoms with E-state index in [9.17, 15) is 33.1 Å². The van der Waals surface area contributed by atoms with Crippen LogP contribution in [0, 0.1) is 17.3 Å². The van der Waals surface area contributed by atoms with Crippen molar-refractivity contribution < 1.29 is 37.8 Å². The summed E-state index contributed by atoms with van der Waals surface area (Å²) in [4.78, 5) is 63.3. The lowest BCUT2D eigenvalue weighted by molar-refractivity contribution is -0.139. The summed E-state index contributed by atoms with van der Waals surface area (Å²) >= 11 is 1.63. The first-order valence-corrected chi connectivity index (χ1v) is 22.7. The number of aliphatic hydroxyl groups is 1. The standard InChI is InChI=1S/C46H53F2N7O6S/c1-45(47,48)37-8-4-7-31(50-37)40(57)51-32-22-36-33(21-35(32)61-2)52-42(62-36)28-11-9-26(10-12-28)25-54-19-16-46(17-20-54)23-27(24-46)15-18-49-30-6-3-5-29-39(30)44(60)55(43(29)59)34-13-14-38(56)53-41(34)58/h3-8,21-22,26-28,34,44,49,60H,9-20,23-25H2,1-2H3,(H,51,57)(H,53,56,58). The molecule has 9 rings (SSSR count). The second-order valence-electron chi connectivity index (χ2n) is 18.2. The lowest BCUT2D eigenvalue weighted by Crippen LogP contribution is -2.53. The number of hydrogen-bond donors (Lipinski definition) is 4. The van der Waals surface area contributed by atoms with Crippen molar-refractivity contribution in [1.29, 1.82) is 0 Å². The number of hydrogen-bond acceptors (Lipinski definition) is 11. The number of ether oxygens (including phenoxy) is 1. The Labute approximate surface area is 363 Å². The van der Waals surface area contributed by atoms with E-state index in [2.05, 4.69) is 25.8 Å². The van der Waals surface area contributed by atoms with E-state index >= 15 is 0 Å². The number of pyridine rings is 1. The van der Waals surface area contributed by atoms with E-state index in [1.165, 1.54) is 55.9 Å². The van der Waals surface area contributed by atoms with Crippen molar-refractivity contribution in [3.05, 3.63) is 76.1 Å². The normalized spacial score (nSPS) is 24.2. The predicted molar refractivity (Wildman–Crippen MR) is 230 cm³/mol. The third-order valence-corrected chi connectivity index (χ3v) is 15.2. The summed E-state index contributed by atoms with van der Waals surface area (Å²) < 4.78 is 34.2. The zero-order valence-corrected chi connectivity index (χ0v) is 35.9. The van der Waals surface area contributed by atoms with Gasteiger partial charge in [-0.25, -0.2) is 9.97 Å². The number of imide groups is 1. The van der Waals surface area contributed by atoms with Gasteiger partial charge in [-0.1, -0.05) is 12.1 Å². The highest BCUT2D eigenvalue weighted by atomic mass is 32.1. The maximum Gasteiger partial charge on any atom is 0.287 e. The maximum absolute atomic E-state index is 13.9. The molecule has 2 aromatic carbocycles. The van der Waals surface area contributed by atoms with Crippen LogP contribution in [0.1, 0.15) is 127 Å². The number of methoxy groups -OCH3 is 1. The number of rotatable bonds is 12. The third kappa shape index (κ3) is 8.40. The number of nitrogens with zero attached hydrogens (tertiary/aromatic N) is 4. The number of halogens is 2. The number of alkyl halides is 2. The molecule has 4 fully saturated rings. The third-order valence-electron chi connectivity index (χ3n) is 14.0. The molecule has 4 aromatic rings. The number of fused-ring (bicyclic) bond motifs is 2. The zero-order valence-electron chi connectivity index (χ0n) is 35.1. The van der Waals surface area contributed by atoms with Gasteiger partial charge in [0.2, 0.25) is 11.8 Å². The van der Waals surface area contributed by atoms with Crippen LogP contribution < -0.4 is 20.7 Å². The van der Waals surface area contributed by atoms with Crippen LogP contribution in [0.25, 0.3) is 10.2 Å². The Bertz CT molecular complexity index is 2380. The molecule has 2 unspecified atom stereocenters. The molecule has 62 heavy (non-hydrogen) atoms. The van der Waals surface area contributed by atoms with Crippen LogP contribution in [0.15, 0.2) is 48.5 Å². The van der Waals surface area contributed by atoms with Gasteiger partial charge in [-0.3, -0.25) is 29.4 Å². The SMILES string of the molecule is COc1cc2nc(C3CCC(CN4CCC5(CC4)CC(CCNc4cccc6c4C(O)N(C4CCC(=O)NC4=O)C6=O)C5)CC3)sc2cc1NC(=O)c1cccc(C(C)(F)F)n1. The molecule has 2 saturated carbocycles. The van der Waals surface area contributed by atoms with Gasteiger partial charge in [-0.05, 0) is 125 Å². The van der Waals surface area contributed by atoms with Gasteiger partial charge in [0.15, 0.2) is 6.23 Å². The van der Waals surface area contributed by atoms with Gasteiger partial charge in [-0.2, -0.15) is 8.78 Å². The highest BCUT2D eigenvalue weighted by molar-refractivity contribution is 7.18. The summed E-state index contributed by atoms with van der Waals surface area (Å²) in [6, 6.07) is 12.1. The molecule has 0 radical (unpaired) electrons. The molecule has 1 spiro atoms. The van der Waals surface area contributed by atoms with E-state index < -0.39 is 41.6 Å². The highest BCUT2D eigenvalue weighted by Crippen LogP contribution is 2.54. The van der Waals surface area contributed by atoms with Crippen LogP contribution in [0.5, 0.6) is 5.75 Å². The lowest BCUT2D eigenvalue weighted by Gasteiger charge is -2.53. The van der Waals surface area contributed by atoms with Gasteiger partial charge in [0.1, 0.15) is 23.2 Å². The smallest absolute Gasteiger partial charge is 0.287 e. The Balaban J connectivity index is 0.714. The van der Waals surface area contributed by atoms with E-state index in [0.29, 0.717) is 51.4 Å². The van der Waals surface area contributed by atoms with Crippen molar-refractivity contribution in [2.45, 2.75) is 102 Å². The summed E-state index contributed by atoms with van der Waals surface area (Å²) in [7, 11) is 1.52. The van der Waals surface area contributed by atoms with Gasteiger partial charge < -0.3 is 25.4 Å². The number of likely N-dealkylation sites (tertiary alicyclic amines) is 1. The molecule has 4 amide bonds. The van der Waals surface area contributed by atoms with Crippen molar-refractivity contribution in [2.75, 3.05) is 43.9 Å². The first kappa shape index (κ1) is 42.3. The number of aliphatic hydroxyl groups excluding tert-OH is 1. The molecule has 4 N–H and O–H groups in total. The van der Waals surface area contributed by atoms with E-state index in [-0.39, 0.29) is 24.4 Å². The van der Waals surface area contributed by atoms with Crippen LogP contribution in [-0.4, -0.2) is 87.8 Å². The van der Waals surface area contributed by atoms with Crippen LogP contribution in [-0.2, 0) is 15.5 Å². The molecule has 0 bridgehead atoms. The largest absolute Gasteiger partial charge is 0.494 e. The first-order chi connectivity index (χ1) is 29.8. The molecule has 328 valence electrons. The molecule has 5 heterocycles. The second kappa shape index (κ2) is 16.9. The van der Waals surface area contributed by atoms with Gasteiger partial charge in [0.05, 0.1) is 28.0 Å². The number of thiazole rings is 1. The molecule has 2 atom stereocenters. The summed E-state index contributed by atoms with van der Waals surface area (Å²) in [5.74, 6) is -2.94. The predicted octanol–water partition coefficient (Wildman–Crippen LogP) is 7.58. The van der Waals surface area contributed by atoms with Crippen molar-refractivity contribution in [2.24, 2.45) is 17.3 Å². The van der Waals surface area contributed by atoms with E-state index in [4.69, 9.17) is 9.72 Å². The first-order valence-electron chi connectivity index (χ1n) is 21.9. The quantitative estimate of drug-likeness (QED) is 0.104. The van der Waals surface area contributed by atoms with Crippen LogP contribution in [0.2, 0.25) is 0 Å². The Morgan fingerprint density at radius 2 is 1.76 bits per heavy atom. The van der Waals surface area contributed by atoms with Crippen LogP contribution >= 0.6 is 11.3 Å². The van der Waals surface area contributed by atoms with Gasteiger partial charge in [0.25, 0.3) is 17.7 Å². The molecular formula is C46H53F2N7O6S. The average molecular weight is 870 g/mol. The molecule has 13 nitrogen and oxygen atoms in total. The number of amides is 4. The van der Waals surface area contributed by atoms with E-state index in [1.54, 1.807) is 23.5 Å². The highest BCUT2D eigenvalue weighted by Gasteiger charge is 2.47. The fourth-order valence-corrected chi connectivity index (χ4v) is 11.8. The fraction of sp³-hybridized carbons (Fsp3) is 0.522. The molecule has 5 aliphatic rings. The minimum absolute atomic E-state index is 0.102. The Hall–Kier alpha value is -5.06. The topological polar surface area (TPSA) is 166 Å². The summed E-state index contributed by atoms with van der Waals surface area (Å²) in [6.07, 6.45) is 9.51. The van der Waals surface area contributed by atoms with Gasteiger partial charge in [-0.15, -0.1) is 11.3 Å². The molecule has 16 heteroatoms. The summed E-state index contributed by atoms with van der Waals surface area (Å²) in [6.45, 7) is 4.90. The van der Waals surface area contributed by atoms with Crippen LogP contribution in [0.4, 0.5) is 20.2 Å². The van der Waals surface area contributed by atoms with Crippen molar-refractivity contribution in [3.63, 3.8) is 0 Å². The summed E-state index contributed by atoms with van der Waals surface area (Å²) in [5.41, 5.74) is 2.71. The minimum Gasteiger partial charge on any atom is -0.494 e. The molecular weight excluding hydrogens is 817 g/mol. The Morgan fingerprint density at radius 3 is 2.48 bits per heavy atom. The van der Waals surface area contributed by atoms with Gasteiger partial charge in [0, 0.05) is 55.2 Å². The molecule has 3 aliphatic heterocycles. The van der Waals surface area contributed by atoms with E-state index in [0.717, 1.165) is 80.4 Å². The summed E-state index contributed by atoms with van der Waals surface area (Å²) in [5, 5.41) is 20.9. The number of nitrogens with one attached hydrogen (secondary N) is 3. The Kier molecular flexibility index (Phi) is 11.5. The minimum atomic E-state index is -3.16. The Morgan fingerprint density at radius 1 is 1.00 bits per heavy atom. The zero-order chi connectivity index (χ0) is 43.3. The monoisotopic (exact) mass is 869 g/mol. The van der Waals surface area contributed by atoms with Crippen molar-refractivity contribution in [1.82, 2.24) is 25.1 Å². The number of aromatic nitrogens is 2. The lowest BCUT2D eigenvalue weighted by atomic mass is 9.57. The number of benzene rings is 2. The maximum atomic E-state index is 13.9. The van der Waals surface area contributed by atoms with Crippen molar-refractivity contribution in [3.8, 4) is 5.75 Å². The van der Waals surface area contributed by atoms with Gasteiger partial charge >= 0.3 is 0 Å². The molecule has 2 aliphatic carbocycles. The number of anilines is 2. The van der Waals surface area contributed by atoms with Crippen molar-refractivity contribution >= 4 is 56.6 Å². The number of piperidine rings is 2. The fourth-order valence-electron chi connectivity index (χ4n) is 10.6. The molecule has 2 aromatic heterocycles. The van der Waals surface area contributed by atoms with Crippen LogP contribution in [0.3, 0.4) is 0 Å². The molecule has 2 saturated heterocycles. The average Bonchev–Trinajstić information content (AvgIpc) is 3.77. The second-order valence-corrected chi connectivity index (χ2v) is 19.2. The number of carbonyl (C=O) groups is 4. The number of carbonyl (C=O) groups excluding carboxylic acids is 4. The van der Waals surface area contributed by atoms with E-state index in [1.807, 2.05) is 18.2 Å².